The smallest absolute Gasteiger partial charge is 0.246 e. The highest BCUT2D eigenvalue weighted by Gasteiger charge is 2.22. The topological polar surface area (TPSA) is 111 Å². The maximum absolute atomic E-state index is 12.3. The van der Waals surface area contributed by atoms with Gasteiger partial charge < -0.3 is 20.1 Å². The first-order chi connectivity index (χ1) is 11.2. The molecule has 0 aromatic heterocycles. The van der Waals surface area contributed by atoms with Gasteiger partial charge >= 0.3 is 0 Å². The lowest BCUT2D eigenvalue weighted by atomic mass is 10.2. The molecule has 1 aliphatic heterocycles. The average molecular weight is 356 g/mol. The highest BCUT2D eigenvalue weighted by Crippen LogP contribution is 2.32. The van der Waals surface area contributed by atoms with E-state index in [9.17, 15) is 18.0 Å². The fourth-order valence-corrected chi connectivity index (χ4v) is 2.86. The van der Waals surface area contributed by atoms with Crippen molar-refractivity contribution in [3.8, 4) is 11.5 Å². The van der Waals surface area contributed by atoms with E-state index in [0.717, 1.165) is 6.26 Å². The minimum atomic E-state index is -3.24. The SMILES string of the molecule is CC(=O)N[C@H](CCS(C)(=O)=O)C(=O)Nc1ccc2c(c1)OCCO2. The van der Waals surface area contributed by atoms with E-state index >= 15 is 0 Å². The third-order valence-corrected chi connectivity index (χ3v) is 4.26. The van der Waals surface area contributed by atoms with E-state index in [1.165, 1.54) is 6.92 Å². The van der Waals surface area contributed by atoms with E-state index in [4.69, 9.17) is 9.47 Å². The van der Waals surface area contributed by atoms with Gasteiger partial charge in [0.05, 0.1) is 5.75 Å². The van der Waals surface area contributed by atoms with Gasteiger partial charge in [-0.05, 0) is 18.6 Å². The van der Waals surface area contributed by atoms with Gasteiger partial charge in [0.1, 0.15) is 29.1 Å². The molecule has 24 heavy (non-hydrogen) atoms. The van der Waals surface area contributed by atoms with Crippen molar-refractivity contribution in [1.29, 1.82) is 0 Å². The van der Waals surface area contributed by atoms with Crippen LogP contribution in [0.3, 0.4) is 0 Å². The summed E-state index contributed by atoms with van der Waals surface area (Å²) < 4.78 is 33.4. The maximum Gasteiger partial charge on any atom is 0.246 e. The van der Waals surface area contributed by atoms with Crippen LogP contribution in [0.5, 0.6) is 11.5 Å². The zero-order valence-electron chi connectivity index (χ0n) is 13.5. The predicted octanol–water partition coefficient (Wildman–Crippen LogP) is 0.336. The van der Waals surface area contributed by atoms with Gasteiger partial charge in [0.2, 0.25) is 11.8 Å². The summed E-state index contributed by atoms with van der Waals surface area (Å²) in [6.45, 7) is 2.16. The first-order valence-electron chi connectivity index (χ1n) is 7.40. The Balaban J connectivity index is 2.07. The highest BCUT2D eigenvalue weighted by atomic mass is 32.2. The minimum Gasteiger partial charge on any atom is -0.486 e. The van der Waals surface area contributed by atoms with Crippen molar-refractivity contribution in [3.63, 3.8) is 0 Å². The molecule has 132 valence electrons. The second kappa shape index (κ2) is 7.52. The molecule has 0 spiro atoms. The number of hydrogen-bond donors (Lipinski definition) is 2. The van der Waals surface area contributed by atoms with Crippen molar-refractivity contribution in [2.24, 2.45) is 0 Å². The summed E-state index contributed by atoms with van der Waals surface area (Å²) in [6, 6.07) is 4.00. The number of benzene rings is 1. The summed E-state index contributed by atoms with van der Waals surface area (Å²) in [5.74, 6) is 0.00400. The van der Waals surface area contributed by atoms with Crippen LogP contribution in [0.25, 0.3) is 0 Å². The molecule has 1 aromatic rings. The van der Waals surface area contributed by atoms with Crippen molar-refractivity contribution in [2.45, 2.75) is 19.4 Å². The van der Waals surface area contributed by atoms with Crippen molar-refractivity contribution in [3.05, 3.63) is 18.2 Å². The Hall–Kier alpha value is -2.29. The van der Waals surface area contributed by atoms with Gasteiger partial charge in [-0.2, -0.15) is 0 Å². The predicted molar refractivity (Wildman–Crippen MR) is 88.0 cm³/mol. The largest absolute Gasteiger partial charge is 0.486 e. The number of anilines is 1. The molecular formula is C15H20N2O6S. The molecule has 1 aromatic carbocycles. The number of carbonyl (C=O) groups is 2. The fraction of sp³-hybridized carbons (Fsp3) is 0.467. The Morgan fingerprint density at radius 3 is 2.50 bits per heavy atom. The number of fused-ring (bicyclic) bond motifs is 1. The normalized spacial score (nSPS) is 14.6. The first-order valence-corrected chi connectivity index (χ1v) is 9.46. The number of nitrogens with one attached hydrogen (secondary N) is 2. The molecule has 0 saturated heterocycles. The molecule has 2 amide bonds. The summed E-state index contributed by atoms with van der Waals surface area (Å²) in [6.07, 6.45) is 1.07. The van der Waals surface area contributed by atoms with Crippen LogP contribution in [0.1, 0.15) is 13.3 Å². The number of sulfone groups is 1. The summed E-state index contributed by atoms with van der Waals surface area (Å²) in [5.41, 5.74) is 0.471. The summed E-state index contributed by atoms with van der Waals surface area (Å²) in [5, 5.41) is 5.11. The lowest BCUT2D eigenvalue weighted by molar-refractivity contribution is -0.125. The zero-order chi connectivity index (χ0) is 17.7. The molecule has 1 heterocycles. The van der Waals surface area contributed by atoms with E-state index in [2.05, 4.69) is 10.6 Å². The molecule has 1 atom stereocenters. The van der Waals surface area contributed by atoms with E-state index < -0.39 is 27.7 Å². The molecule has 2 N–H and O–H groups in total. The third-order valence-electron chi connectivity index (χ3n) is 3.28. The van der Waals surface area contributed by atoms with Gasteiger partial charge in [-0.3, -0.25) is 9.59 Å². The number of carbonyl (C=O) groups excluding carboxylic acids is 2. The standard InChI is InChI=1S/C15H20N2O6S/c1-10(18)16-12(5-8-24(2,20)21)15(19)17-11-3-4-13-14(9-11)23-7-6-22-13/h3-4,9,12H,5-8H2,1-2H3,(H,16,18)(H,17,19)/t12-/m1/s1. The number of amides is 2. The third kappa shape index (κ3) is 5.41. The quantitative estimate of drug-likeness (QED) is 0.760. The lowest BCUT2D eigenvalue weighted by Crippen LogP contribution is -2.43. The summed E-state index contributed by atoms with van der Waals surface area (Å²) >= 11 is 0. The molecule has 0 radical (unpaired) electrons. The monoisotopic (exact) mass is 356 g/mol. The van der Waals surface area contributed by atoms with Crippen molar-refractivity contribution in [1.82, 2.24) is 5.32 Å². The van der Waals surface area contributed by atoms with Crippen molar-refractivity contribution in [2.75, 3.05) is 30.5 Å². The minimum absolute atomic E-state index is 0.00516. The van der Waals surface area contributed by atoms with Crippen LogP contribution in [-0.4, -0.2) is 51.5 Å². The van der Waals surface area contributed by atoms with Crippen LogP contribution in [0, 0.1) is 0 Å². The highest BCUT2D eigenvalue weighted by molar-refractivity contribution is 7.90. The summed E-state index contributed by atoms with van der Waals surface area (Å²) in [7, 11) is -3.24. The van der Waals surface area contributed by atoms with Crippen LogP contribution in [0.4, 0.5) is 5.69 Å². The van der Waals surface area contributed by atoms with Gasteiger partial charge in [0.15, 0.2) is 11.5 Å². The van der Waals surface area contributed by atoms with Gasteiger partial charge in [-0.25, -0.2) is 8.42 Å². The number of ether oxygens (including phenoxy) is 2. The molecule has 0 saturated carbocycles. The molecule has 0 unspecified atom stereocenters. The van der Waals surface area contributed by atoms with E-state index in [-0.39, 0.29) is 12.2 Å². The second-order valence-electron chi connectivity index (χ2n) is 5.52. The number of rotatable bonds is 6. The van der Waals surface area contributed by atoms with Crippen molar-refractivity contribution >= 4 is 27.3 Å². The van der Waals surface area contributed by atoms with E-state index in [0.29, 0.717) is 30.4 Å². The molecule has 8 nitrogen and oxygen atoms in total. The zero-order valence-corrected chi connectivity index (χ0v) is 14.3. The van der Waals surface area contributed by atoms with E-state index in [1.54, 1.807) is 18.2 Å². The van der Waals surface area contributed by atoms with Gasteiger partial charge in [0, 0.05) is 24.9 Å². The molecule has 0 fully saturated rings. The van der Waals surface area contributed by atoms with Crippen LogP contribution >= 0.6 is 0 Å². The van der Waals surface area contributed by atoms with Crippen molar-refractivity contribution < 1.29 is 27.5 Å². The van der Waals surface area contributed by atoms with Gasteiger partial charge in [0.25, 0.3) is 0 Å². The molecule has 0 bridgehead atoms. The average Bonchev–Trinajstić information content (AvgIpc) is 2.50. The molecular weight excluding hydrogens is 336 g/mol. The van der Waals surface area contributed by atoms with Gasteiger partial charge in [-0.15, -0.1) is 0 Å². The molecule has 1 aliphatic rings. The number of hydrogen-bond acceptors (Lipinski definition) is 6. The molecule has 2 rings (SSSR count). The Morgan fingerprint density at radius 1 is 1.21 bits per heavy atom. The summed E-state index contributed by atoms with van der Waals surface area (Å²) in [4.78, 5) is 23.6. The van der Waals surface area contributed by atoms with Crippen LogP contribution in [-0.2, 0) is 19.4 Å². The van der Waals surface area contributed by atoms with Crippen LogP contribution in [0.2, 0.25) is 0 Å². The van der Waals surface area contributed by atoms with Gasteiger partial charge in [-0.1, -0.05) is 0 Å². The maximum atomic E-state index is 12.3. The fourth-order valence-electron chi connectivity index (χ4n) is 2.20. The lowest BCUT2D eigenvalue weighted by Gasteiger charge is -2.20. The molecule has 9 heteroatoms. The Bertz CT molecular complexity index is 731. The van der Waals surface area contributed by atoms with Crippen LogP contribution in [0.15, 0.2) is 18.2 Å². The Kier molecular flexibility index (Phi) is 5.66. The second-order valence-corrected chi connectivity index (χ2v) is 7.78. The first kappa shape index (κ1) is 18.1. The Morgan fingerprint density at radius 2 is 1.88 bits per heavy atom. The van der Waals surface area contributed by atoms with Crippen LogP contribution < -0.4 is 20.1 Å². The van der Waals surface area contributed by atoms with E-state index in [1.807, 2.05) is 0 Å². The Labute approximate surface area is 140 Å². The molecule has 0 aliphatic carbocycles.